The lowest BCUT2D eigenvalue weighted by molar-refractivity contribution is -0.135. The molecule has 1 aromatic heterocycles. The summed E-state index contributed by atoms with van der Waals surface area (Å²) in [5.74, 6) is -0.231. The van der Waals surface area contributed by atoms with Crippen molar-refractivity contribution in [1.29, 1.82) is 0 Å². The fraction of sp³-hybridized carbons (Fsp3) is 0.600. The van der Waals surface area contributed by atoms with Gasteiger partial charge in [0.25, 0.3) is 0 Å². The Morgan fingerprint density at radius 1 is 1.38 bits per heavy atom. The van der Waals surface area contributed by atoms with Crippen molar-refractivity contribution < 1.29 is 18.0 Å². The van der Waals surface area contributed by atoms with E-state index in [1.807, 2.05) is 0 Å². The Hall–Kier alpha value is -1.45. The number of hydrogen-bond acceptors (Lipinski definition) is 5. The number of nitrogens with zero attached hydrogens (tertiary/aromatic N) is 2. The summed E-state index contributed by atoms with van der Waals surface area (Å²) in [6, 6.07) is 1.20. The minimum Gasteiger partial charge on any atom is -0.346 e. The van der Waals surface area contributed by atoms with E-state index in [1.165, 1.54) is 22.7 Å². The first-order valence-corrected chi connectivity index (χ1v) is 10.3. The molecule has 3 rings (SSSR count). The predicted octanol–water partition coefficient (Wildman–Crippen LogP) is 0.942. The van der Waals surface area contributed by atoms with Gasteiger partial charge in [-0.3, -0.25) is 9.59 Å². The van der Waals surface area contributed by atoms with Crippen LogP contribution in [0.4, 0.5) is 0 Å². The first kappa shape index (κ1) is 17.4. The van der Waals surface area contributed by atoms with Crippen LogP contribution in [0.1, 0.15) is 36.6 Å². The number of fused-ring (bicyclic) bond motifs is 1. The summed E-state index contributed by atoms with van der Waals surface area (Å²) in [6.45, 7) is 0.845. The molecule has 2 aliphatic heterocycles. The molecule has 132 valence electrons. The molecular weight excluding hydrogens is 350 g/mol. The summed E-state index contributed by atoms with van der Waals surface area (Å²) in [5, 5.41) is 4.61. The van der Waals surface area contributed by atoms with E-state index in [9.17, 15) is 18.0 Å². The number of rotatable bonds is 3. The van der Waals surface area contributed by atoms with Gasteiger partial charge in [0.2, 0.25) is 21.8 Å². The van der Waals surface area contributed by atoms with Crippen LogP contribution in [-0.2, 0) is 19.6 Å². The number of likely N-dealkylation sites (tertiary alicyclic amines) is 1. The van der Waals surface area contributed by atoms with E-state index in [0.29, 0.717) is 17.8 Å². The Bertz CT molecular complexity index is 744. The molecule has 9 heteroatoms. The summed E-state index contributed by atoms with van der Waals surface area (Å²) in [7, 11) is -1.95. The van der Waals surface area contributed by atoms with Gasteiger partial charge in [0.15, 0.2) is 0 Å². The van der Waals surface area contributed by atoms with Crippen molar-refractivity contribution in [2.24, 2.45) is 0 Å². The van der Waals surface area contributed by atoms with Crippen molar-refractivity contribution in [2.45, 2.75) is 36.6 Å². The van der Waals surface area contributed by atoms with Gasteiger partial charge in [-0.25, -0.2) is 8.42 Å². The number of thiophene rings is 1. The molecule has 2 aliphatic rings. The van der Waals surface area contributed by atoms with Crippen LogP contribution in [0.15, 0.2) is 16.3 Å². The van der Waals surface area contributed by atoms with E-state index < -0.39 is 10.0 Å². The molecule has 3 heterocycles. The number of nitrogens with one attached hydrogen (secondary N) is 1. The quantitative estimate of drug-likeness (QED) is 0.857. The summed E-state index contributed by atoms with van der Waals surface area (Å²) in [4.78, 5) is 26.9. The molecule has 1 saturated heterocycles. The van der Waals surface area contributed by atoms with Crippen LogP contribution in [-0.4, -0.2) is 56.1 Å². The number of likely N-dealkylation sites (N-methyl/N-ethyl adjacent to an activating group) is 1. The lowest BCUT2D eigenvalue weighted by Crippen LogP contribution is -2.46. The maximum atomic E-state index is 12.4. The van der Waals surface area contributed by atoms with E-state index >= 15 is 0 Å². The SMILES string of the molecule is CN1CC(NC(=O)CN2CCCCCC2=O)c2sccc2S1(=O)=O. The maximum absolute atomic E-state index is 12.4. The average molecular weight is 371 g/mol. The fourth-order valence-electron chi connectivity index (χ4n) is 3.11. The van der Waals surface area contributed by atoms with Crippen LogP contribution in [0, 0.1) is 0 Å². The highest BCUT2D eigenvalue weighted by Crippen LogP contribution is 2.35. The van der Waals surface area contributed by atoms with Crippen LogP contribution in [0.25, 0.3) is 0 Å². The number of carbonyl (C=O) groups is 2. The first-order chi connectivity index (χ1) is 11.4. The molecule has 1 N–H and O–H groups in total. The molecule has 1 fully saturated rings. The van der Waals surface area contributed by atoms with Gasteiger partial charge < -0.3 is 10.2 Å². The van der Waals surface area contributed by atoms with Gasteiger partial charge in [-0.15, -0.1) is 11.3 Å². The summed E-state index contributed by atoms with van der Waals surface area (Å²) >= 11 is 1.33. The minimum atomic E-state index is -3.46. The second-order valence-corrected chi connectivity index (χ2v) is 9.14. The zero-order chi connectivity index (χ0) is 17.3. The zero-order valence-corrected chi connectivity index (χ0v) is 15.2. The van der Waals surface area contributed by atoms with Crippen LogP contribution in [0.5, 0.6) is 0 Å². The summed E-state index contributed by atoms with van der Waals surface area (Å²) in [6.07, 6.45) is 3.29. The van der Waals surface area contributed by atoms with Gasteiger partial charge in [-0.2, -0.15) is 4.31 Å². The summed E-state index contributed by atoms with van der Waals surface area (Å²) in [5.41, 5.74) is 0. The molecule has 24 heavy (non-hydrogen) atoms. The van der Waals surface area contributed by atoms with Gasteiger partial charge in [0.05, 0.1) is 17.5 Å². The standard InChI is InChI=1S/C15H21N3O4S2/c1-17-9-11(15-12(6-8-23-15)24(17,21)22)16-13(19)10-18-7-4-2-3-5-14(18)20/h6,8,11H,2-5,7,9-10H2,1H3,(H,16,19). The number of amides is 2. The smallest absolute Gasteiger partial charge is 0.244 e. The fourth-order valence-corrected chi connectivity index (χ4v) is 5.81. The van der Waals surface area contributed by atoms with Crippen molar-refractivity contribution in [3.8, 4) is 0 Å². The van der Waals surface area contributed by atoms with Crippen molar-refractivity contribution in [2.75, 3.05) is 26.7 Å². The van der Waals surface area contributed by atoms with Crippen LogP contribution in [0.2, 0.25) is 0 Å². The van der Waals surface area contributed by atoms with Gasteiger partial charge >= 0.3 is 0 Å². The molecule has 0 aliphatic carbocycles. The van der Waals surface area contributed by atoms with Crippen LogP contribution >= 0.6 is 11.3 Å². The Morgan fingerprint density at radius 2 is 2.17 bits per heavy atom. The summed E-state index contributed by atoms with van der Waals surface area (Å²) < 4.78 is 25.8. The van der Waals surface area contributed by atoms with Crippen molar-refractivity contribution in [3.63, 3.8) is 0 Å². The highest BCUT2D eigenvalue weighted by Gasteiger charge is 2.36. The maximum Gasteiger partial charge on any atom is 0.244 e. The molecule has 1 atom stereocenters. The van der Waals surface area contributed by atoms with Crippen molar-refractivity contribution in [1.82, 2.24) is 14.5 Å². The largest absolute Gasteiger partial charge is 0.346 e. The van der Waals surface area contributed by atoms with Gasteiger partial charge in [-0.05, 0) is 24.3 Å². The molecule has 1 aromatic rings. The predicted molar refractivity (Wildman–Crippen MR) is 90.1 cm³/mol. The second kappa shape index (κ2) is 6.81. The molecule has 1 unspecified atom stereocenters. The Balaban J connectivity index is 1.70. The van der Waals surface area contributed by atoms with Crippen molar-refractivity contribution >= 4 is 33.2 Å². The zero-order valence-electron chi connectivity index (χ0n) is 13.5. The number of carbonyl (C=O) groups excluding carboxylic acids is 2. The lowest BCUT2D eigenvalue weighted by Gasteiger charge is -2.30. The third kappa shape index (κ3) is 3.33. The Kier molecular flexibility index (Phi) is 4.93. The Morgan fingerprint density at radius 3 is 2.96 bits per heavy atom. The Labute approximate surface area is 145 Å². The minimum absolute atomic E-state index is 0.0165. The second-order valence-electron chi connectivity index (χ2n) is 6.18. The van der Waals surface area contributed by atoms with E-state index in [-0.39, 0.29) is 35.8 Å². The third-order valence-electron chi connectivity index (χ3n) is 4.44. The third-order valence-corrected chi connectivity index (χ3v) is 7.48. The molecular formula is C15H21N3O4S2. The monoisotopic (exact) mass is 371 g/mol. The molecule has 2 amide bonds. The van der Waals surface area contributed by atoms with Crippen LogP contribution in [0.3, 0.4) is 0 Å². The van der Waals surface area contributed by atoms with Gasteiger partial charge in [-0.1, -0.05) is 6.42 Å². The van der Waals surface area contributed by atoms with Crippen LogP contribution < -0.4 is 5.32 Å². The van der Waals surface area contributed by atoms with Crippen molar-refractivity contribution in [3.05, 3.63) is 16.3 Å². The highest BCUT2D eigenvalue weighted by molar-refractivity contribution is 7.89. The molecule has 0 spiro atoms. The first-order valence-electron chi connectivity index (χ1n) is 8.00. The molecule has 0 saturated carbocycles. The molecule has 0 bridgehead atoms. The normalized spacial score (nSPS) is 24.3. The van der Waals surface area contributed by atoms with E-state index in [0.717, 1.165) is 19.3 Å². The van der Waals surface area contributed by atoms with Gasteiger partial charge in [0, 0.05) is 31.4 Å². The molecule has 0 radical (unpaired) electrons. The topological polar surface area (TPSA) is 86.8 Å². The number of hydrogen-bond donors (Lipinski definition) is 1. The van der Waals surface area contributed by atoms with E-state index in [4.69, 9.17) is 0 Å². The van der Waals surface area contributed by atoms with E-state index in [2.05, 4.69) is 5.32 Å². The highest BCUT2D eigenvalue weighted by atomic mass is 32.2. The average Bonchev–Trinajstić information content (AvgIpc) is 2.94. The van der Waals surface area contributed by atoms with Gasteiger partial charge in [0.1, 0.15) is 0 Å². The molecule has 0 aromatic carbocycles. The number of sulfonamides is 1. The molecule has 7 nitrogen and oxygen atoms in total. The van der Waals surface area contributed by atoms with E-state index in [1.54, 1.807) is 16.3 Å². The lowest BCUT2D eigenvalue weighted by atomic mass is 10.2.